The van der Waals surface area contributed by atoms with Crippen LogP contribution in [-0.4, -0.2) is 23.7 Å². The van der Waals surface area contributed by atoms with E-state index in [0.717, 1.165) is 25.7 Å². The molecular weight excluding hydrogens is 280 g/mol. The molecule has 1 aromatic rings. The first kappa shape index (κ1) is 15.7. The number of benzene rings is 1. The fraction of sp³-hybridized carbons (Fsp3) is 0.533. The number of nitrogens with one attached hydrogen (secondary N) is 1. The molecule has 1 fully saturated rings. The second kappa shape index (κ2) is 7.36. The highest BCUT2D eigenvalue weighted by atomic mass is 19.3. The maximum Gasteiger partial charge on any atom is 0.387 e. The molecule has 21 heavy (non-hydrogen) atoms. The Hall–Kier alpha value is -1.69. The molecule has 116 valence electrons. The van der Waals surface area contributed by atoms with Crippen molar-refractivity contribution in [1.82, 2.24) is 5.32 Å². The Morgan fingerprint density at radius 2 is 1.81 bits per heavy atom. The normalized spacial score (nSPS) is 17.7. The van der Waals surface area contributed by atoms with Crippen LogP contribution in [0.3, 0.4) is 0 Å². The van der Waals surface area contributed by atoms with Crippen LogP contribution in [0.1, 0.15) is 43.7 Å². The zero-order chi connectivity index (χ0) is 15.2. The van der Waals surface area contributed by atoms with Gasteiger partial charge in [0.2, 0.25) is 0 Å². The summed E-state index contributed by atoms with van der Waals surface area (Å²) in [6.07, 6.45) is 5.33. The lowest BCUT2D eigenvalue weighted by atomic mass is 9.94. The monoisotopic (exact) mass is 299 g/mol. The van der Waals surface area contributed by atoms with Gasteiger partial charge in [-0.1, -0.05) is 31.4 Å². The van der Waals surface area contributed by atoms with Crippen LogP contribution in [-0.2, 0) is 4.79 Å². The Bertz CT molecular complexity index is 458. The maximum absolute atomic E-state index is 12.1. The second-order valence-electron chi connectivity index (χ2n) is 5.22. The third-order valence-electron chi connectivity index (χ3n) is 3.69. The first-order valence-corrected chi connectivity index (χ1v) is 7.10. The van der Waals surface area contributed by atoms with Gasteiger partial charge in [0.1, 0.15) is 11.8 Å². The first-order chi connectivity index (χ1) is 10.1. The van der Waals surface area contributed by atoms with E-state index in [1.54, 1.807) is 0 Å². The van der Waals surface area contributed by atoms with Crippen LogP contribution in [0.15, 0.2) is 24.3 Å². The Morgan fingerprint density at radius 1 is 1.19 bits per heavy atom. The molecular formula is C15H19F2NO3. The van der Waals surface area contributed by atoms with Crippen LogP contribution in [0.5, 0.6) is 5.75 Å². The molecule has 0 spiro atoms. The number of carbonyl (C=O) groups is 1. The lowest BCUT2D eigenvalue weighted by Gasteiger charge is -2.26. The molecule has 1 aromatic carbocycles. The van der Waals surface area contributed by atoms with E-state index < -0.39 is 18.6 Å². The number of carboxylic acids is 1. The van der Waals surface area contributed by atoms with Crippen molar-refractivity contribution in [3.63, 3.8) is 0 Å². The van der Waals surface area contributed by atoms with Gasteiger partial charge in [-0.15, -0.1) is 0 Å². The predicted octanol–water partition coefficient (Wildman–Crippen LogP) is 3.34. The third-order valence-corrected chi connectivity index (χ3v) is 3.69. The molecule has 6 heteroatoms. The van der Waals surface area contributed by atoms with Gasteiger partial charge >= 0.3 is 12.6 Å². The minimum absolute atomic E-state index is 0.0237. The number of rotatable bonds is 6. The average Bonchev–Trinajstić information content (AvgIpc) is 2.46. The molecule has 0 amide bonds. The van der Waals surface area contributed by atoms with Crippen molar-refractivity contribution in [1.29, 1.82) is 0 Å². The van der Waals surface area contributed by atoms with Crippen molar-refractivity contribution in [3.05, 3.63) is 29.8 Å². The molecule has 1 saturated carbocycles. The van der Waals surface area contributed by atoms with Crippen molar-refractivity contribution in [3.8, 4) is 5.75 Å². The zero-order valence-electron chi connectivity index (χ0n) is 11.6. The largest absolute Gasteiger partial charge is 0.480 e. The average molecular weight is 299 g/mol. The second-order valence-corrected chi connectivity index (χ2v) is 5.22. The quantitative estimate of drug-likeness (QED) is 0.846. The van der Waals surface area contributed by atoms with Crippen molar-refractivity contribution in [2.45, 2.75) is 50.8 Å². The summed E-state index contributed by atoms with van der Waals surface area (Å²) >= 11 is 0. The first-order valence-electron chi connectivity index (χ1n) is 7.10. The molecule has 2 N–H and O–H groups in total. The molecule has 2 rings (SSSR count). The fourth-order valence-corrected chi connectivity index (χ4v) is 2.66. The highest BCUT2D eigenvalue weighted by Crippen LogP contribution is 2.24. The van der Waals surface area contributed by atoms with Gasteiger partial charge in [-0.05, 0) is 30.5 Å². The lowest BCUT2D eigenvalue weighted by molar-refractivity contribution is -0.140. The number of alkyl halides is 2. The summed E-state index contributed by atoms with van der Waals surface area (Å²) in [5.41, 5.74) is 0.537. The van der Waals surface area contributed by atoms with Crippen LogP contribution in [0.2, 0.25) is 0 Å². The highest BCUT2D eigenvalue weighted by Gasteiger charge is 2.24. The molecule has 1 unspecified atom stereocenters. The van der Waals surface area contributed by atoms with Gasteiger partial charge in [-0.3, -0.25) is 10.1 Å². The number of hydrogen-bond donors (Lipinski definition) is 2. The van der Waals surface area contributed by atoms with Gasteiger partial charge in [0.15, 0.2) is 0 Å². The molecule has 4 nitrogen and oxygen atoms in total. The summed E-state index contributed by atoms with van der Waals surface area (Å²) in [6.45, 7) is -2.88. The maximum atomic E-state index is 12.1. The molecule has 0 heterocycles. The van der Waals surface area contributed by atoms with E-state index in [1.807, 2.05) is 0 Å². The smallest absolute Gasteiger partial charge is 0.387 e. The van der Waals surface area contributed by atoms with Gasteiger partial charge < -0.3 is 9.84 Å². The van der Waals surface area contributed by atoms with E-state index in [2.05, 4.69) is 10.1 Å². The Labute approximate surface area is 122 Å². The van der Waals surface area contributed by atoms with Crippen LogP contribution in [0.4, 0.5) is 8.78 Å². The lowest BCUT2D eigenvalue weighted by Crippen LogP contribution is -2.38. The van der Waals surface area contributed by atoms with Crippen molar-refractivity contribution >= 4 is 5.97 Å². The number of halogens is 2. The minimum atomic E-state index is -2.88. The molecule has 0 aromatic heterocycles. The van der Waals surface area contributed by atoms with E-state index in [1.165, 1.54) is 30.7 Å². The SMILES string of the molecule is O=C(O)C(NC1CCCCC1)c1ccc(OC(F)F)cc1. The topological polar surface area (TPSA) is 58.6 Å². The summed E-state index contributed by atoms with van der Waals surface area (Å²) in [7, 11) is 0. The number of aliphatic carboxylic acids is 1. The summed E-state index contributed by atoms with van der Waals surface area (Å²) in [4.78, 5) is 11.4. The van der Waals surface area contributed by atoms with E-state index in [4.69, 9.17) is 0 Å². The molecule has 1 aliphatic carbocycles. The third kappa shape index (κ3) is 4.67. The molecule has 0 bridgehead atoms. The summed E-state index contributed by atoms with van der Waals surface area (Å²) in [6, 6.07) is 5.10. The molecule has 1 aliphatic rings. The molecule has 0 radical (unpaired) electrons. The number of carboxylic acid groups (broad SMARTS) is 1. The minimum Gasteiger partial charge on any atom is -0.480 e. The Morgan fingerprint density at radius 3 is 2.33 bits per heavy atom. The van der Waals surface area contributed by atoms with Gasteiger partial charge in [-0.2, -0.15) is 8.78 Å². The predicted molar refractivity (Wildman–Crippen MR) is 73.5 cm³/mol. The number of hydrogen-bond acceptors (Lipinski definition) is 3. The van der Waals surface area contributed by atoms with Crippen molar-refractivity contribution in [2.75, 3.05) is 0 Å². The summed E-state index contributed by atoms with van der Waals surface area (Å²) in [5.74, 6) is -0.946. The molecule has 0 saturated heterocycles. The van der Waals surface area contributed by atoms with Gasteiger partial charge in [0.05, 0.1) is 0 Å². The summed E-state index contributed by atoms with van der Waals surface area (Å²) < 4.78 is 28.4. The Kier molecular flexibility index (Phi) is 5.50. The highest BCUT2D eigenvalue weighted by molar-refractivity contribution is 5.75. The standard InChI is InChI=1S/C15H19F2NO3/c16-15(17)21-12-8-6-10(7-9-12)13(14(19)20)18-11-4-2-1-3-5-11/h6-9,11,13,15,18H,1-5H2,(H,19,20). The summed E-state index contributed by atoms with van der Waals surface area (Å²) in [5, 5.41) is 12.5. The van der Waals surface area contributed by atoms with Crippen molar-refractivity contribution < 1.29 is 23.4 Å². The van der Waals surface area contributed by atoms with Crippen LogP contribution in [0, 0.1) is 0 Å². The number of ether oxygens (including phenoxy) is 1. The molecule has 1 atom stereocenters. The van der Waals surface area contributed by atoms with Gasteiger partial charge in [0.25, 0.3) is 0 Å². The van der Waals surface area contributed by atoms with E-state index in [0.29, 0.717) is 5.56 Å². The van der Waals surface area contributed by atoms with Gasteiger partial charge in [-0.25, -0.2) is 0 Å². The fourth-order valence-electron chi connectivity index (χ4n) is 2.66. The van der Waals surface area contributed by atoms with Gasteiger partial charge in [0, 0.05) is 6.04 Å². The molecule has 0 aliphatic heterocycles. The Balaban J connectivity index is 2.04. The van der Waals surface area contributed by atoms with E-state index in [9.17, 15) is 18.7 Å². The van der Waals surface area contributed by atoms with Crippen LogP contribution < -0.4 is 10.1 Å². The van der Waals surface area contributed by atoms with E-state index in [-0.39, 0.29) is 11.8 Å². The van der Waals surface area contributed by atoms with Crippen LogP contribution >= 0.6 is 0 Å². The zero-order valence-corrected chi connectivity index (χ0v) is 11.6. The van der Waals surface area contributed by atoms with Crippen molar-refractivity contribution in [2.24, 2.45) is 0 Å². The van der Waals surface area contributed by atoms with Crippen LogP contribution in [0.25, 0.3) is 0 Å². The van der Waals surface area contributed by atoms with E-state index >= 15 is 0 Å².